The molecule has 2 nitrogen and oxygen atoms in total. The third-order valence-electron chi connectivity index (χ3n) is 6.60. The first-order valence-electron chi connectivity index (χ1n) is 11.5. The van der Waals surface area contributed by atoms with E-state index < -0.39 is 8.61 Å². The van der Waals surface area contributed by atoms with Gasteiger partial charge in [0.2, 0.25) is 0 Å². The van der Waals surface area contributed by atoms with E-state index >= 15 is 0 Å². The van der Waals surface area contributed by atoms with Crippen LogP contribution in [0, 0.1) is 0 Å². The summed E-state index contributed by atoms with van der Waals surface area (Å²) < 4.78 is 15.0. The van der Waals surface area contributed by atoms with Gasteiger partial charge in [-0.3, -0.25) is 0 Å². The first kappa shape index (κ1) is 20.7. The third-order valence-corrected chi connectivity index (χ3v) is 7.41. The number of anilines is 1. The predicted octanol–water partition coefficient (Wildman–Crippen LogP) is 8.42. The summed E-state index contributed by atoms with van der Waals surface area (Å²) >= 11 is 0. The molecular formula is C31H24NOP. The van der Waals surface area contributed by atoms with Gasteiger partial charge in [-0.05, 0) is 50.7 Å². The summed E-state index contributed by atoms with van der Waals surface area (Å²) in [6, 6.07) is 40.1. The molecule has 2 unspecified atom stereocenters. The standard InChI is InChI=1S/C31H24NOP/c33-34-32-30(28-17-9-15-23-14-7-8-16-27(23)28)19-18-25-20-26(22-10-3-1-4-11-22)21-29(31(25)32)24-12-5-2-6-13-24/h1-21,30H,34H2. The Morgan fingerprint density at radius 2 is 1.32 bits per heavy atom. The maximum Gasteiger partial charge on any atom is 0.150 e. The Morgan fingerprint density at radius 3 is 2.09 bits per heavy atom. The van der Waals surface area contributed by atoms with Crippen LogP contribution in [0.1, 0.15) is 17.2 Å². The number of nitrogens with zero attached hydrogens (tertiary/aromatic N) is 1. The summed E-state index contributed by atoms with van der Waals surface area (Å²) in [6.07, 6.45) is 4.39. The van der Waals surface area contributed by atoms with Gasteiger partial charge in [-0.15, -0.1) is 0 Å². The highest BCUT2D eigenvalue weighted by Crippen LogP contribution is 2.48. The van der Waals surface area contributed by atoms with E-state index in [1.54, 1.807) is 0 Å². The van der Waals surface area contributed by atoms with Gasteiger partial charge in [0.1, 0.15) is 8.61 Å². The maximum absolute atomic E-state index is 12.9. The van der Waals surface area contributed by atoms with Crippen LogP contribution in [0.5, 0.6) is 0 Å². The van der Waals surface area contributed by atoms with Crippen LogP contribution in [0.15, 0.2) is 121 Å². The van der Waals surface area contributed by atoms with E-state index in [0.29, 0.717) is 0 Å². The van der Waals surface area contributed by atoms with E-state index in [4.69, 9.17) is 0 Å². The first-order valence-corrected chi connectivity index (χ1v) is 12.5. The quantitative estimate of drug-likeness (QED) is 0.253. The SMILES string of the molecule is O=[PH2]N1c2c(cc(-c3ccccc3)cc2-c2ccccc2)C=CC1c1cccc2ccccc12. The van der Waals surface area contributed by atoms with Crippen LogP contribution in [0.3, 0.4) is 0 Å². The van der Waals surface area contributed by atoms with Gasteiger partial charge < -0.3 is 9.24 Å². The zero-order valence-corrected chi connectivity index (χ0v) is 19.8. The van der Waals surface area contributed by atoms with Gasteiger partial charge in [0.25, 0.3) is 0 Å². The van der Waals surface area contributed by atoms with Crippen LogP contribution in [-0.4, -0.2) is 0 Å². The van der Waals surface area contributed by atoms with Crippen LogP contribution in [0.2, 0.25) is 0 Å². The molecule has 0 N–H and O–H groups in total. The summed E-state index contributed by atoms with van der Waals surface area (Å²) in [5.74, 6) is 0. The molecule has 0 saturated heterocycles. The van der Waals surface area contributed by atoms with E-state index in [9.17, 15) is 4.57 Å². The highest BCUT2D eigenvalue weighted by molar-refractivity contribution is 7.26. The lowest BCUT2D eigenvalue weighted by Gasteiger charge is -2.34. The van der Waals surface area contributed by atoms with Crippen molar-refractivity contribution >= 4 is 31.1 Å². The topological polar surface area (TPSA) is 20.3 Å². The fraction of sp³-hybridized carbons (Fsp3) is 0.0323. The average molecular weight is 458 g/mol. The fourth-order valence-corrected chi connectivity index (χ4v) is 5.80. The molecule has 0 fully saturated rings. The minimum absolute atomic E-state index is 0.0869. The average Bonchev–Trinajstić information content (AvgIpc) is 2.92. The predicted molar refractivity (Wildman–Crippen MR) is 146 cm³/mol. The van der Waals surface area contributed by atoms with E-state index in [1.807, 2.05) is 12.1 Å². The lowest BCUT2D eigenvalue weighted by atomic mass is 9.89. The molecule has 0 spiro atoms. The van der Waals surface area contributed by atoms with Crippen LogP contribution >= 0.6 is 8.61 Å². The van der Waals surface area contributed by atoms with Gasteiger partial charge in [-0.25, -0.2) is 0 Å². The van der Waals surface area contributed by atoms with Gasteiger partial charge in [0.05, 0.1) is 11.7 Å². The Hall–Kier alpha value is -3.87. The second kappa shape index (κ2) is 8.82. The van der Waals surface area contributed by atoms with Gasteiger partial charge in [0, 0.05) is 5.56 Å². The normalized spacial score (nSPS) is 15.2. The largest absolute Gasteiger partial charge is 0.314 e. The number of fused-ring (bicyclic) bond motifs is 2. The second-order valence-electron chi connectivity index (χ2n) is 8.58. The Kier molecular flexibility index (Phi) is 5.37. The van der Waals surface area contributed by atoms with Crippen molar-refractivity contribution in [2.24, 2.45) is 0 Å². The van der Waals surface area contributed by atoms with E-state index in [1.165, 1.54) is 21.9 Å². The van der Waals surface area contributed by atoms with Crippen molar-refractivity contribution in [3.05, 3.63) is 132 Å². The molecule has 0 amide bonds. The molecule has 1 aliphatic rings. The Balaban J connectivity index is 1.58. The molecule has 34 heavy (non-hydrogen) atoms. The number of hydrogen-bond donors (Lipinski definition) is 0. The van der Waals surface area contributed by atoms with Crippen molar-refractivity contribution in [2.75, 3.05) is 4.67 Å². The number of hydrogen-bond acceptors (Lipinski definition) is 1. The van der Waals surface area contributed by atoms with E-state index in [0.717, 1.165) is 27.9 Å². The molecule has 3 heteroatoms. The van der Waals surface area contributed by atoms with Crippen LogP contribution in [-0.2, 0) is 4.57 Å². The van der Waals surface area contributed by atoms with Crippen LogP contribution in [0.4, 0.5) is 5.69 Å². The summed E-state index contributed by atoms with van der Waals surface area (Å²) in [5.41, 5.74) is 7.88. The number of benzene rings is 5. The molecule has 1 aliphatic heterocycles. The van der Waals surface area contributed by atoms with Crippen molar-refractivity contribution in [3.63, 3.8) is 0 Å². The van der Waals surface area contributed by atoms with Crippen molar-refractivity contribution in [1.29, 1.82) is 0 Å². The first-order chi connectivity index (χ1) is 16.8. The molecular weight excluding hydrogens is 433 g/mol. The van der Waals surface area contributed by atoms with Crippen LogP contribution < -0.4 is 4.67 Å². The highest BCUT2D eigenvalue weighted by Gasteiger charge is 2.27. The summed E-state index contributed by atoms with van der Waals surface area (Å²) in [4.78, 5) is 0. The zero-order chi connectivity index (χ0) is 22.9. The Labute approximate surface area is 201 Å². The lowest BCUT2D eigenvalue weighted by molar-refractivity contribution is 0.594. The van der Waals surface area contributed by atoms with Gasteiger partial charge in [-0.2, -0.15) is 0 Å². The molecule has 2 atom stereocenters. The monoisotopic (exact) mass is 457 g/mol. The molecule has 5 aromatic rings. The molecule has 5 aromatic carbocycles. The van der Waals surface area contributed by atoms with Crippen LogP contribution in [0.25, 0.3) is 39.1 Å². The lowest BCUT2D eigenvalue weighted by Crippen LogP contribution is -2.21. The van der Waals surface area contributed by atoms with Crippen molar-refractivity contribution in [1.82, 2.24) is 0 Å². The Morgan fingerprint density at radius 1 is 0.647 bits per heavy atom. The zero-order valence-electron chi connectivity index (χ0n) is 18.6. The minimum atomic E-state index is -1.19. The second-order valence-corrected chi connectivity index (χ2v) is 9.35. The van der Waals surface area contributed by atoms with Crippen molar-refractivity contribution < 1.29 is 4.57 Å². The van der Waals surface area contributed by atoms with Crippen molar-refractivity contribution in [2.45, 2.75) is 6.04 Å². The summed E-state index contributed by atoms with van der Waals surface area (Å²) in [7, 11) is -1.19. The molecule has 0 aliphatic carbocycles. The molecule has 6 rings (SSSR count). The molecule has 1 heterocycles. The molecule has 0 aromatic heterocycles. The maximum atomic E-state index is 12.9. The summed E-state index contributed by atoms with van der Waals surface area (Å²) in [5, 5.41) is 2.39. The minimum Gasteiger partial charge on any atom is -0.314 e. The number of rotatable bonds is 4. The molecule has 0 bridgehead atoms. The van der Waals surface area contributed by atoms with Gasteiger partial charge in [-0.1, -0.05) is 115 Å². The van der Waals surface area contributed by atoms with E-state index in [2.05, 4.69) is 120 Å². The smallest absolute Gasteiger partial charge is 0.150 e. The molecule has 0 saturated carbocycles. The fourth-order valence-electron chi connectivity index (χ4n) is 5.01. The summed E-state index contributed by atoms with van der Waals surface area (Å²) in [6.45, 7) is 0. The van der Waals surface area contributed by atoms with Gasteiger partial charge in [0.15, 0.2) is 0 Å². The third kappa shape index (κ3) is 3.57. The Bertz CT molecular complexity index is 1520. The van der Waals surface area contributed by atoms with Crippen molar-refractivity contribution in [3.8, 4) is 22.3 Å². The van der Waals surface area contributed by atoms with Gasteiger partial charge >= 0.3 is 0 Å². The van der Waals surface area contributed by atoms with E-state index in [-0.39, 0.29) is 6.04 Å². The highest BCUT2D eigenvalue weighted by atomic mass is 31.1. The molecule has 164 valence electrons. The molecule has 0 radical (unpaired) electrons.